The number of piperazine rings is 1. The summed E-state index contributed by atoms with van der Waals surface area (Å²) in [6, 6.07) is 24.2. The number of hydrogen-bond acceptors (Lipinski definition) is 10. The van der Waals surface area contributed by atoms with E-state index in [1.165, 1.54) is 28.8 Å². The summed E-state index contributed by atoms with van der Waals surface area (Å²) in [5, 5.41) is 16.8. The van der Waals surface area contributed by atoms with E-state index < -0.39 is 31.4 Å². The highest BCUT2D eigenvalue weighted by Crippen LogP contribution is 2.43. The second-order valence-corrected chi connectivity index (χ2v) is 18.7. The van der Waals surface area contributed by atoms with Crippen molar-refractivity contribution in [3.05, 3.63) is 123 Å². The first-order chi connectivity index (χ1) is 28.8. The molecular formula is C45H49ClN6O7S. The molecule has 314 valence electrons. The van der Waals surface area contributed by atoms with Crippen LogP contribution in [-0.2, 0) is 14.8 Å². The Labute approximate surface area is 354 Å². The maximum Gasteiger partial charge on any atom is 0.293 e. The Kier molecular flexibility index (Phi) is 11.9. The van der Waals surface area contributed by atoms with Crippen molar-refractivity contribution in [1.82, 2.24) is 14.6 Å². The zero-order valence-electron chi connectivity index (χ0n) is 33.7. The van der Waals surface area contributed by atoms with Crippen LogP contribution in [0.2, 0.25) is 5.02 Å². The Morgan fingerprint density at radius 1 is 0.983 bits per heavy atom. The number of nitro groups is 1. The molecule has 3 aliphatic rings. The van der Waals surface area contributed by atoms with Crippen molar-refractivity contribution in [3.8, 4) is 11.5 Å². The first-order valence-electron chi connectivity index (χ1n) is 20.3. The van der Waals surface area contributed by atoms with E-state index in [9.17, 15) is 23.3 Å². The van der Waals surface area contributed by atoms with Gasteiger partial charge in [-0.3, -0.25) is 19.8 Å². The first-order valence-corrected chi connectivity index (χ1v) is 22.2. The second-order valence-electron chi connectivity index (χ2n) is 16.6. The number of nitro benzene ring substituents is 1. The van der Waals surface area contributed by atoms with Crippen LogP contribution in [0.1, 0.15) is 61.9 Å². The molecule has 13 nitrogen and oxygen atoms in total. The lowest BCUT2D eigenvalue weighted by atomic mass is 9.72. The molecule has 1 aromatic heterocycles. The van der Waals surface area contributed by atoms with Crippen molar-refractivity contribution in [2.45, 2.75) is 56.9 Å². The number of fused-ring (bicyclic) bond motifs is 1. The second kappa shape index (κ2) is 17.3. The molecule has 0 unspecified atom stereocenters. The number of hydrogen-bond donors (Lipinski definition) is 3. The summed E-state index contributed by atoms with van der Waals surface area (Å²) in [6.07, 6.45) is 6.35. The van der Waals surface area contributed by atoms with E-state index in [1.807, 2.05) is 36.5 Å². The van der Waals surface area contributed by atoms with Gasteiger partial charge in [-0.05, 0) is 109 Å². The van der Waals surface area contributed by atoms with Crippen molar-refractivity contribution in [1.29, 1.82) is 0 Å². The largest absolute Gasteiger partial charge is 0.456 e. The number of aromatic nitrogens is 1. The van der Waals surface area contributed by atoms with Crippen LogP contribution in [0.5, 0.6) is 11.5 Å². The lowest BCUT2D eigenvalue weighted by molar-refractivity contribution is -0.384. The monoisotopic (exact) mass is 852 g/mol. The molecule has 2 fully saturated rings. The molecule has 3 heterocycles. The number of carbonyl (C=O) groups excluding carboxylic acids is 1. The summed E-state index contributed by atoms with van der Waals surface area (Å²) >= 11 is 6.24. The third-order valence-electron chi connectivity index (χ3n) is 11.8. The van der Waals surface area contributed by atoms with Crippen molar-refractivity contribution < 1.29 is 27.6 Å². The molecule has 60 heavy (non-hydrogen) atoms. The number of anilines is 2. The zero-order chi connectivity index (χ0) is 42.0. The molecule has 0 bridgehead atoms. The molecule has 2 aliphatic heterocycles. The van der Waals surface area contributed by atoms with Crippen LogP contribution in [-0.4, -0.2) is 81.1 Å². The Hall–Kier alpha value is -5.41. The number of benzene rings is 4. The van der Waals surface area contributed by atoms with Crippen LogP contribution in [0.25, 0.3) is 16.5 Å². The third kappa shape index (κ3) is 9.47. The molecule has 0 spiro atoms. The van der Waals surface area contributed by atoms with E-state index in [2.05, 4.69) is 50.8 Å². The van der Waals surface area contributed by atoms with Crippen molar-refractivity contribution in [3.63, 3.8) is 0 Å². The smallest absolute Gasteiger partial charge is 0.293 e. The van der Waals surface area contributed by atoms with E-state index in [0.717, 1.165) is 79.7 Å². The fourth-order valence-corrected chi connectivity index (χ4v) is 9.46. The molecule has 5 aromatic rings. The van der Waals surface area contributed by atoms with Gasteiger partial charge in [0.25, 0.3) is 21.6 Å². The highest BCUT2D eigenvalue weighted by molar-refractivity contribution is 7.90. The average Bonchev–Trinajstić information content (AvgIpc) is 3.70. The Bertz CT molecular complexity index is 2540. The SMILES string of the molecule is CC1(C)CCC(CN2CCN(c3ccc(C(=O)NS(=O)(=O)c4ccc(NC5CCOCC5)c([N+](=O)[O-])c4)c(Oc4ccc5[nH]ccc5c4)c3)CC2)=C(c2ccc(Cl)cc2)C1. The Morgan fingerprint density at radius 3 is 2.50 bits per heavy atom. The molecule has 2 saturated heterocycles. The normalized spacial score (nSPS) is 17.8. The fourth-order valence-electron chi connectivity index (χ4n) is 8.35. The molecule has 0 radical (unpaired) electrons. The first kappa shape index (κ1) is 41.3. The molecule has 1 aliphatic carbocycles. The highest BCUT2D eigenvalue weighted by atomic mass is 35.5. The summed E-state index contributed by atoms with van der Waals surface area (Å²) in [7, 11) is -4.54. The fraction of sp³-hybridized carbons (Fsp3) is 0.356. The topological polar surface area (TPSA) is 159 Å². The number of carbonyl (C=O) groups is 1. The Morgan fingerprint density at radius 2 is 1.75 bits per heavy atom. The van der Waals surface area contributed by atoms with E-state index in [-0.39, 0.29) is 28.5 Å². The van der Waals surface area contributed by atoms with Gasteiger partial charge in [-0.1, -0.05) is 43.2 Å². The molecule has 4 aromatic carbocycles. The van der Waals surface area contributed by atoms with E-state index in [4.69, 9.17) is 21.1 Å². The number of rotatable bonds is 12. The highest BCUT2D eigenvalue weighted by Gasteiger charge is 2.31. The van der Waals surface area contributed by atoms with Crippen LogP contribution in [0.3, 0.4) is 0 Å². The molecule has 0 saturated carbocycles. The number of aromatic amines is 1. The van der Waals surface area contributed by atoms with Crippen molar-refractivity contribution >= 4 is 61.1 Å². The number of amides is 1. The van der Waals surface area contributed by atoms with Gasteiger partial charge in [0.15, 0.2) is 0 Å². The summed E-state index contributed by atoms with van der Waals surface area (Å²) < 4.78 is 41.2. The van der Waals surface area contributed by atoms with E-state index >= 15 is 0 Å². The molecule has 8 rings (SSSR count). The lowest BCUT2D eigenvalue weighted by Gasteiger charge is -2.39. The minimum Gasteiger partial charge on any atom is -0.456 e. The number of sulfonamides is 1. The van der Waals surface area contributed by atoms with Gasteiger partial charge in [0.2, 0.25) is 0 Å². The standard InChI is InChI=1S/C45H49ClN6O7S/c1-45(2)17-13-32(39(28-45)30-3-5-33(46)6-4-30)29-50-19-21-51(22-20-50)35-7-10-38(43(26-35)59-36-8-11-40-31(25-36)14-18-47-40)44(53)49-60(56,57)37-9-12-41(42(27-37)52(54)55)48-34-15-23-58-24-16-34/h3-12,14,18,25-27,34,47-48H,13,15-17,19-24,28-29H2,1-2H3,(H,49,53). The van der Waals surface area contributed by atoms with Crippen LogP contribution < -0.4 is 19.7 Å². The summed E-state index contributed by atoms with van der Waals surface area (Å²) in [5.41, 5.74) is 5.87. The van der Waals surface area contributed by atoms with Crippen LogP contribution in [0.15, 0.2) is 102 Å². The predicted molar refractivity (Wildman–Crippen MR) is 235 cm³/mol. The van der Waals surface area contributed by atoms with Gasteiger partial charge in [-0.25, -0.2) is 13.1 Å². The van der Waals surface area contributed by atoms with Crippen LogP contribution >= 0.6 is 11.6 Å². The van der Waals surface area contributed by atoms with E-state index in [1.54, 1.807) is 24.3 Å². The van der Waals surface area contributed by atoms with Crippen molar-refractivity contribution in [2.75, 3.05) is 56.2 Å². The predicted octanol–water partition coefficient (Wildman–Crippen LogP) is 9.02. The minimum atomic E-state index is -4.54. The summed E-state index contributed by atoms with van der Waals surface area (Å²) in [4.78, 5) is 32.8. The maximum atomic E-state index is 13.9. The molecule has 15 heteroatoms. The van der Waals surface area contributed by atoms with E-state index in [0.29, 0.717) is 31.8 Å². The quantitative estimate of drug-likeness (QED) is 0.0817. The number of nitrogens with zero attached hydrogens (tertiary/aromatic N) is 3. The van der Waals surface area contributed by atoms with Gasteiger partial charge in [-0.15, -0.1) is 0 Å². The van der Waals surface area contributed by atoms with Crippen molar-refractivity contribution in [2.24, 2.45) is 5.41 Å². The number of nitrogens with one attached hydrogen (secondary N) is 3. The minimum absolute atomic E-state index is 0.00989. The molecular weight excluding hydrogens is 804 g/mol. The van der Waals surface area contributed by atoms with Gasteiger partial charge in [0, 0.05) is 91.9 Å². The maximum absolute atomic E-state index is 13.9. The summed E-state index contributed by atoms with van der Waals surface area (Å²) in [6.45, 7) is 9.75. The Balaban J connectivity index is 1.01. The lowest BCUT2D eigenvalue weighted by Crippen LogP contribution is -2.47. The molecule has 1 amide bonds. The number of halogens is 1. The average molecular weight is 853 g/mol. The zero-order valence-corrected chi connectivity index (χ0v) is 35.3. The van der Waals surface area contributed by atoms with Gasteiger partial charge < -0.3 is 24.7 Å². The van der Waals surface area contributed by atoms with Crippen LogP contribution in [0, 0.1) is 15.5 Å². The third-order valence-corrected chi connectivity index (χ3v) is 13.4. The number of ether oxygens (including phenoxy) is 2. The van der Waals surface area contributed by atoms with Gasteiger partial charge in [-0.2, -0.15) is 0 Å². The van der Waals surface area contributed by atoms with Gasteiger partial charge >= 0.3 is 0 Å². The molecule has 0 atom stereocenters. The summed E-state index contributed by atoms with van der Waals surface area (Å²) in [5.74, 6) is -0.302. The number of allylic oxidation sites excluding steroid dienone is 1. The van der Waals surface area contributed by atoms with Gasteiger partial charge in [0.05, 0.1) is 15.4 Å². The molecule has 3 N–H and O–H groups in total. The van der Waals surface area contributed by atoms with Gasteiger partial charge in [0.1, 0.15) is 17.2 Å². The van der Waals surface area contributed by atoms with Crippen LogP contribution in [0.4, 0.5) is 17.1 Å². The number of H-pyrrole nitrogens is 1.